The van der Waals surface area contributed by atoms with Gasteiger partial charge in [0.2, 0.25) is 0 Å². The van der Waals surface area contributed by atoms with Gasteiger partial charge in [0.15, 0.2) is 5.96 Å². The molecule has 1 aromatic rings. The quantitative estimate of drug-likeness (QED) is 0.503. The fourth-order valence-corrected chi connectivity index (χ4v) is 3.54. The van der Waals surface area contributed by atoms with Crippen LogP contribution in [0.4, 0.5) is 4.39 Å². The second-order valence-electron chi connectivity index (χ2n) is 6.57. The third-order valence-corrected chi connectivity index (χ3v) is 4.90. The van der Waals surface area contributed by atoms with E-state index in [0.29, 0.717) is 18.2 Å². The SMILES string of the molecule is CN=C(NCc1ccc(F)c(COC)c1)N1CCC(N2CC=CC2)C1. The van der Waals surface area contributed by atoms with Crippen LogP contribution < -0.4 is 5.32 Å². The molecule has 6 heteroatoms. The van der Waals surface area contributed by atoms with E-state index in [4.69, 9.17) is 4.74 Å². The first-order chi connectivity index (χ1) is 12.2. The molecule has 2 heterocycles. The van der Waals surface area contributed by atoms with Crippen LogP contribution in [0.15, 0.2) is 35.3 Å². The van der Waals surface area contributed by atoms with Gasteiger partial charge in [0.05, 0.1) is 6.61 Å². The second-order valence-corrected chi connectivity index (χ2v) is 6.57. The molecule has 1 fully saturated rings. The van der Waals surface area contributed by atoms with Crippen molar-refractivity contribution >= 4 is 5.96 Å². The first-order valence-electron chi connectivity index (χ1n) is 8.82. The molecule has 5 nitrogen and oxygen atoms in total. The lowest BCUT2D eigenvalue weighted by Crippen LogP contribution is -2.42. The van der Waals surface area contributed by atoms with Gasteiger partial charge < -0.3 is 15.0 Å². The molecule has 3 rings (SSSR count). The van der Waals surface area contributed by atoms with Crippen LogP contribution in [0.5, 0.6) is 0 Å². The lowest BCUT2D eigenvalue weighted by molar-refractivity contribution is 0.181. The molecule has 0 radical (unpaired) electrons. The molecule has 25 heavy (non-hydrogen) atoms. The maximum atomic E-state index is 13.7. The number of halogens is 1. The van der Waals surface area contributed by atoms with Gasteiger partial charge in [-0.3, -0.25) is 9.89 Å². The fraction of sp³-hybridized carbons (Fsp3) is 0.526. The normalized spacial score (nSPS) is 21.3. The molecule has 1 saturated heterocycles. The Morgan fingerprint density at radius 1 is 1.36 bits per heavy atom. The topological polar surface area (TPSA) is 40.1 Å². The Hall–Kier alpha value is -1.92. The van der Waals surface area contributed by atoms with Crippen molar-refractivity contribution in [3.63, 3.8) is 0 Å². The molecule has 0 aliphatic carbocycles. The molecule has 2 aliphatic rings. The van der Waals surface area contributed by atoms with E-state index in [1.807, 2.05) is 13.1 Å². The standard InChI is InChI=1S/C19H27FN4O/c1-21-19(24-10-7-17(13-24)23-8-3-4-9-23)22-12-15-5-6-18(20)16(11-15)14-25-2/h3-6,11,17H,7-10,12-14H2,1-2H3,(H,21,22). The summed E-state index contributed by atoms with van der Waals surface area (Å²) in [5, 5.41) is 3.41. The molecular formula is C19H27FN4O. The highest BCUT2D eigenvalue weighted by molar-refractivity contribution is 5.80. The molecule has 2 aliphatic heterocycles. The van der Waals surface area contributed by atoms with Crippen LogP contribution in [-0.2, 0) is 17.9 Å². The second kappa shape index (κ2) is 8.45. The number of nitrogens with one attached hydrogen (secondary N) is 1. The van der Waals surface area contributed by atoms with Crippen molar-refractivity contribution in [3.05, 3.63) is 47.3 Å². The van der Waals surface area contributed by atoms with E-state index in [2.05, 4.69) is 32.3 Å². The molecule has 1 atom stereocenters. The average Bonchev–Trinajstić information content (AvgIpc) is 3.29. The van der Waals surface area contributed by atoms with Gasteiger partial charge in [0.25, 0.3) is 0 Å². The number of rotatable bonds is 5. The third-order valence-electron chi connectivity index (χ3n) is 4.90. The average molecular weight is 346 g/mol. The minimum Gasteiger partial charge on any atom is -0.380 e. The van der Waals surface area contributed by atoms with Crippen molar-refractivity contribution in [1.29, 1.82) is 0 Å². The summed E-state index contributed by atoms with van der Waals surface area (Å²) < 4.78 is 18.8. The Kier molecular flexibility index (Phi) is 6.04. The summed E-state index contributed by atoms with van der Waals surface area (Å²) in [5.41, 5.74) is 1.61. The fourth-order valence-electron chi connectivity index (χ4n) is 3.54. The Labute approximate surface area is 149 Å². The molecular weight excluding hydrogens is 319 g/mol. The molecule has 0 saturated carbocycles. The number of hydrogen-bond donors (Lipinski definition) is 1. The number of methoxy groups -OCH3 is 1. The Morgan fingerprint density at radius 3 is 2.88 bits per heavy atom. The third kappa shape index (κ3) is 4.38. The number of benzene rings is 1. The first-order valence-corrected chi connectivity index (χ1v) is 8.82. The largest absolute Gasteiger partial charge is 0.380 e. The summed E-state index contributed by atoms with van der Waals surface area (Å²) in [6.07, 6.45) is 5.64. The van der Waals surface area contributed by atoms with Gasteiger partial charge in [0.1, 0.15) is 5.82 Å². The summed E-state index contributed by atoms with van der Waals surface area (Å²) >= 11 is 0. The molecule has 136 valence electrons. The number of hydrogen-bond acceptors (Lipinski definition) is 3. The van der Waals surface area contributed by atoms with Gasteiger partial charge in [-0.2, -0.15) is 0 Å². The van der Waals surface area contributed by atoms with Crippen LogP contribution in [0.2, 0.25) is 0 Å². The Balaban J connectivity index is 1.55. The van der Waals surface area contributed by atoms with E-state index >= 15 is 0 Å². The van der Waals surface area contributed by atoms with Crippen molar-refractivity contribution in [2.75, 3.05) is 40.3 Å². The van der Waals surface area contributed by atoms with Crippen LogP contribution in [0.3, 0.4) is 0 Å². The van der Waals surface area contributed by atoms with E-state index in [1.54, 1.807) is 13.2 Å². The van der Waals surface area contributed by atoms with Crippen molar-refractivity contribution in [1.82, 2.24) is 15.1 Å². The maximum Gasteiger partial charge on any atom is 0.193 e. The minimum atomic E-state index is -0.225. The van der Waals surface area contributed by atoms with Gasteiger partial charge in [-0.05, 0) is 24.1 Å². The van der Waals surface area contributed by atoms with Gasteiger partial charge in [0, 0.05) is 58.5 Å². The monoisotopic (exact) mass is 346 g/mol. The van der Waals surface area contributed by atoms with E-state index in [-0.39, 0.29) is 12.4 Å². The van der Waals surface area contributed by atoms with E-state index in [0.717, 1.165) is 44.1 Å². The van der Waals surface area contributed by atoms with Crippen LogP contribution in [0.25, 0.3) is 0 Å². The van der Waals surface area contributed by atoms with Gasteiger partial charge in [-0.15, -0.1) is 0 Å². The number of aliphatic imine (C=N–C) groups is 1. The number of guanidine groups is 1. The molecule has 1 aromatic carbocycles. The predicted molar refractivity (Wildman–Crippen MR) is 98.0 cm³/mol. The zero-order valence-electron chi connectivity index (χ0n) is 15.0. The van der Waals surface area contributed by atoms with Crippen LogP contribution in [0, 0.1) is 5.82 Å². The number of likely N-dealkylation sites (tertiary alicyclic amines) is 1. The number of nitrogens with zero attached hydrogens (tertiary/aromatic N) is 3. The maximum absolute atomic E-state index is 13.7. The molecule has 0 amide bonds. The highest BCUT2D eigenvalue weighted by atomic mass is 19.1. The van der Waals surface area contributed by atoms with Gasteiger partial charge >= 0.3 is 0 Å². The summed E-state index contributed by atoms with van der Waals surface area (Å²) in [5.74, 6) is 0.684. The molecule has 1 unspecified atom stereocenters. The Bertz CT molecular complexity index is 638. The smallest absolute Gasteiger partial charge is 0.193 e. The summed E-state index contributed by atoms with van der Waals surface area (Å²) in [6, 6.07) is 5.74. The van der Waals surface area contributed by atoms with Crippen LogP contribution in [-0.4, -0.2) is 62.1 Å². The van der Waals surface area contributed by atoms with Gasteiger partial charge in [-0.1, -0.05) is 18.2 Å². The summed E-state index contributed by atoms with van der Waals surface area (Å²) in [7, 11) is 3.39. The highest BCUT2D eigenvalue weighted by Gasteiger charge is 2.29. The summed E-state index contributed by atoms with van der Waals surface area (Å²) in [6.45, 7) is 5.03. The molecule has 1 N–H and O–H groups in total. The van der Waals surface area contributed by atoms with Crippen LogP contribution >= 0.6 is 0 Å². The van der Waals surface area contributed by atoms with Crippen molar-refractivity contribution in [2.24, 2.45) is 4.99 Å². The first kappa shape index (κ1) is 17.9. The highest BCUT2D eigenvalue weighted by Crippen LogP contribution is 2.18. The lowest BCUT2D eigenvalue weighted by atomic mass is 10.1. The van der Waals surface area contributed by atoms with E-state index in [9.17, 15) is 4.39 Å². The van der Waals surface area contributed by atoms with E-state index in [1.165, 1.54) is 6.07 Å². The predicted octanol–water partition coefficient (Wildman–Crippen LogP) is 1.99. The molecule has 0 spiro atoms. The Morgan fingerprint density at radius 2 is 2.16 bits per heavy atom. The van der Waals surface area contributed by atoms with Crippen molar-refractivity contribution in [2.45, 2.75) is 25.6 Å². The van der Waals surface area contributed by atoms with Crippen LogP contribution in [0.1, 0.15) is 17.5 Å². The minimum absolute atomic E-state index is 0.225. The zero-order valence-corrected chi connectivity index (χ0v) is 15.0. The van der Waals surface area contributed by atoms with Gasteiger partial charge in [-0.25, -0.2) is 4.39 Å². The summed E-state index contributed by atoms with van der Waals surface area (Å²) in [4.78, 5) is 9.23. The van der Waals surface area contributed by atoms with Crippen molar-refractivity contribution in [3.8, 4) is 0 Å². The molecule has 0 bridgehead atoms. The molecule has 0 aromatic heterocycles. The number of ether oxygens (including phenoxy) is 1. The zero-order chi connectivity index (χ0) is 17.6. The van der Waals surface area contributed by atoms with E-state index < -0.39 is 0 Å². The van der Waals surface area contributed by atoms with Crippen molar-refractivity contribution < 1.29 is 9.13 Å². The lowest BCUT2D eigenvalue weighted by Gasteiger charge is -2.25.